The van der Waals surface area contributed by atoms with Crippen molar-refractivity contribution in [3.63, 3.8) is 0 Å². The first-order chi connectivity index (χ1) is 15.8. The van der Waals surface area contributed by atoms with Gasteiger partial charge in [-0.1, -0.05) is 35.9 Å². The average molecular weight is 488 g/mol. The minimum atomic E-state index is -3.94. The van der Waals surface area contributed by atoms with Crippen LogP contribution in [-0.2, 0) is 21.4 Å². The normalized spacial score (nSPS) is 10.8. The Labute approximate surface area is 197 Å². The van der Waals surface area contributed by atoms with Gasteiger partial charge in [0.05, 0.1) is 29.8 Å². The fraction of sp³-hybridized carbons (Fsp3) is 0.130. The molecule has 3 aromatic rings. The SMILES string of the molecule is COc1ccc(CNC(=O)CNC(=O)c2ccccc2NS(=O)(=O)c2ccc(Cl)cc2)cc1. The molecular formula is C23H22ClN3O5S. The van der Waals surface area contributed by atoms with Gasteiger partial charge in [0.1, 0.15) is 5.75 Å². The van der Waals surface area contributed by atoms with Gasteiger partial charge in [-0.3, -0.25) is 14.3 Å². The van der Waals surface area contributed by atoms with E-state index >= 15 is 0 Å². The molecule has 8 nitrogen and oxygen atoms in total. The van der Waals surface area contributed by atoms with Crippen molar-refractivity contribution in [1.29, 1.82) is 0 Å². The maximum atomic E-state index is 12.7. The van der Waals surface area contributed by atoms with E-state index in [1.807, 2.05) is 12.1 Å². The largest absolute Gasteiger partial charge is 0.497 e. The van der Waals surface area contributed by atoms with Gasteiger partial charge in [0.15, 0.2) is 0 Å². The number of benzene rings is 3. The molecule has 0 spiro atoms. The molecule has 0 aliphatic heterocycles. The Kier molecular flexibility index (Phi) is 7.92. The van der Waals surface area contributed by atoms with E-state index in [9.17, 15) is 18.0 Å². The average Bonchev–Trinajstić information content (AvgIpc) is 2.82. The highest BCUT2D eigenvalue weighted by molar-refractivity contribution is 7.92. The second-order valence-corrected chi connectivity index (χ2v) is 9.03. The molecular weight excluding hydrogens is 466 g/mol. The fourth-order valence-corrected chi connectivity index (χ4v) is 4.06. The van der Waals surface area contributed by atoms with E-state index in [4.69, 9.17) is 16.3 Å². The number of sulfonamides is 1. The molecule has 172 valence electrons. The molecule has 10 heteroatoms. The Morgan fingerprint density at radius 2 is 1.58 bits per heavy atom. The predicted molar refractivity (Wildman–Crippen MR) is 126 cm³/mol. The molecule has 3 rings (SSSR count). The zero-order valence-electron chi connectivity index (χ0n) is 17.7. The first kappa shape index (κ1) is 24.1. The second-order valence-electron chi connectivity index (χ2n) is 6.91. The number of para-hydroxylation sites is 1. The third-order valence-electron chi connectivity index (χ3n) is 4.60. The minimum Gasteiger partial charge on any atom is -0.497 e. The molecule has 0 radical (unpaired) electrons. The van der Waals surface area contributed by atoms with Crippen LogP contribution in [-0.4, -0.2) is 33.9 Å². The third kappa shape index (κ3) is 6.71. The van der Waals surface area contributed by atoms with E-state index < -0.39 is 21.8 Å². The number of carbonyl (C=O) groups excluding carboxylic acids is 2. The Bertz CT molecular complexity index is 1230. The number of rotatable bonds is 9. The summed E-state index contributed by atoms with van der Waals surface area (Å²) in [4.78, 5) is 24.8. The van der Waals surface area contributed by atoms with Crippen molar-refractivity contribution in [1.82, 2.24) is 10.6 Å². The summed E-state index contributed by atoms with van der Waals surface area (Å²) in [6.45, 7) is 0.0173. The van der Waals surface area contributed by atoms with Gasteiger partial charge in [0.25, 0.3) is 15.9 Å². The molecule has 0 saturated carbocycles. The molecule has 0 unspecified atom stereocenters. The molecule has 0 atom stereocenters. The molecule has 33 heavy (non-hydrogen) atoms. The van der Waals surface area contributed by atoms with Gasteiger partial charge in [-0.25, -0.2) is 8.42 Å². The minimum absolute atomic E-state index is 0.0000194. The van der Waals surface area contributed by atoms with Crippen LogP contribution >= 0.6 is 11.6 Å². The summed E-state index contributed by atoms with van der Waals surface area (Å²) in [7, 11) is -2.37. The molecule has 0 saturated heterocycles. The van der Waals surface area contributed by atoms with Crippen molar-refractivity contribution in [3.8, 4) is 5.75 Å². The summed E-state index contributed by atoms with van der Waals surface area (Å²) in [5, 5.41) is 5.61. The molecule has 0 aromatic heterocycles. The van der Waals surface area contributed by atoms with Gasteiger partial charge in [-0.2, -0.15) is 0 Å². The van der Waals surface area contributed by atoms with Gasteiger partial charge in [-0.05, 0) is 54.1 Å². The highest BCUT2D eigenvalue weighted by atomic mass is 35.5. The Morgan fingerprint density at radius 3 is 2.24 bits per heavy atom. The standard InChI is InChI=1S/C23H22ClN3O5S/c1-32-18-10-6-16(7-11-18)14-25-22(28)15-26-23(29)20-4-2-3-5-21(20)27-33(30,31)19-12-8-17(24)9-13-19/h2-13,27H,14-15H2,1H3,(H,25,28)(H,26,29). The summed E-state index contributed by atoms with van der Waals surface area (Å²) in [5.41, 5.74) is 1.04. The van der Waals surface area contributed by atoms with Crippen LogP contribution in [0.2, 0.25) is 5.02 Å². The van der Waals surface area contributed by atoms with Gasteiger partial charge >= 0.3 is 0 Å². The number of hydrogen-bond donors (Lipinski definition) is 3. The van der Waals surface area contributed by atoms with E-state index in [0.29, 0.717) is 10.8 Å². The number of hydrogen-bond acceptors (Lipinski definition) is 5. The Balaban J connectivity index is 1.60. The number of carbonyl (C=O) groups is 2. The smallest absolute Gasteiger partial charge is 0.261 e. The zero-order chi connectivity index (χ0) is 23.8. The van der Waals surface area contributed by atoms with Crippen molar-refractivity contribution < 1.29 is 22.7 Å². The number of methoxy groups -OCH3 is 1. The van der Waals surface area contributed by atoms with Crippen LogP contribution in [0.4, 0.5) is 5.69 Å². The van der Waals surface area contributed by atoms with Crippen molar-refractivity contribution in [2.24, 2.45) is 0 Å². The number of nitrogens with one attached hydrogen (secondary N) is 3. The van der Waals surface area contributed by atoms with Crippen LogP contribution in [0.5, 0.6) is 5.75 Å². The zero-order valence-corrected chi connectivity index (χ0v) is 19.2. The Hall–Kier alpha value is -3.56. The summed E-state index contributed by atoms with van der Waals surface area (Å²) in [6.07, 6.45) is 0. The second kappa shape index (κ2) is 10.8. The van der Waals surface area contributed by atoms with E-state index in [1.165, 1.54) is 36.4 Å². The first-order valence-electron chi connectivity index (χ1n) is 9.84. The fourth-order valence-electron chi connectivity index (χ4n) is 2.85. The van der Waals surface area contributed by atoms with E-state index in [-0.39, 0.29) is 29.2 Å². The molecule has 3 N–H and O–H groups in total. The van der Waals surface area contributed by atoms with Crippen LogP contribution in [0.25, 0.3) is 0 Å². The first-order valence-corrected chi connectivity index (χ1v) is 11.7. The van der Waals surface area contributed by atoms with Crippen LogP contribution in [0.15, 0.2) is 77.7 Å². The van der Waals surface area contributed by atoms with Gasteiger partial charge in [-0.15, -0.1) is 0 Å². The molecule has 0 aliphatic carbocycles. The number of ether oxygens (including phenoxy) is 1. The lowest BCUT2D eigenvalue weighted by molar-refractivity contribution is -0.120. The maximum absolute atomic E-state index is 12.7. The summed E-state index contributed by atoms with van der Waals surface area (Å²) < 4.78 is 32.8. The number of amides is 2. The monoisotopic (exact) mass is 487 g/mol. The van der Waals surface area contributed by atoms with Crippen molar-refractivity contribution >= 4 is 39.1 Å². The van der Waals surface area contributed by atoms with Gasteiger partial charge in [0.2, 0.25) is 5.91 Å². The van der Waals surface area contributed by atoms with E-state index in [1.54, 1.807) is 31.4 Å². The van der Waals surface area contributed by atoms with E-state index in [2.05, 4.69) is 15.4 Å². The quantitative estimate of drug-likeness (QED) is 0.429. The van der Waals surface area contributed by atoms with Gasteiger partial charge < -0.3 is 15.4 Å². The molecule has 3 aromatic carbocycles. The summed E-state index contributed by atoms with van der Waals surface area (Å²) in [5.74, 6) is -0.273. The highest BCUT2D eigenvalue weighted by Gasteiger charge is 2.19. The lowest BCUT2D eigenvalue weighted by Crippen LogP contribution is -2.36. The van der Waals surface area contributed by atoms with Crippen molar-refractivity contribution in [2.75, 3.05) is 18.4 Å². The lowest BCUT2D eigenvalue weighted by Gasteiger charge is -2.13. The number of halogens is 1. The maximum Gasteiger partial charge on any atom is 0.261 e. The van der Waals surface area contributed by atoms with Gasteiger partial charge in [0, 0.05) is 11.6 Å². The van der Waals surface area contributed by atoms with Crippen molar-refractivity contribution in [2.45, 2.75) is 11.4 Å². The lowest BCUT2D eigenvalue weighted by atomic mass is 10.1. The molecule has 0 bridgehead atoms. The van der Waals surface area contributed by atoms with Crippen LogP contribution in [0, 0.1) is 0 Å². The van der Waals surface area contributed by atoms with Crippen molar-refractivity contribution in [3.05, 3.63) is 88.9 Å². The number of anilines is 1. The molecule has 2 amide bonds. The van der Waals surface area contributed by atoms with E-state index in [0.717, 1.165) is 5.56 Å². The third-order valence-corrected chi connectivity index (χ3v) is 6.23. The summed E-state index contributed by atoms with van der Waals surface area (Å²) >= 11 is 5.81. The topological polar surface area (TPSA) is 114 Å². The van der Waals surface area contributed by atoms with Crippen LogP contribution in [0.3, 0.4) is 0 Å². The molecule has 0 heterocycles. The van der Waals surface area contributed by atoms with Crippen LogP contribution < -0.4 is 20.1 Å². The Morgan fingerprint density at radius 1 is 0.909 bits per heavy atom. The molecule has 0 fully saturated rings. The highest BCUT2D eigenvalue weighted by Crippen LogP contribution is 2.21. The van der Waals surface area contributed by atoms with Crippen LogP contribution in [0.1, 0.15) is 15.9 Å². The molecule has 0 aliphatic rings. The summed E-state index contributed by atoms with van der Waals surface area (Å²) in [6, 6.07) is 19.0. The predicted octanol–water partition coefficient (Wildman–Crippen LogP) is 3.20.